The number of hydrogen-bond acceptors (Lipinski definition) is 4. The van der Waals surface area contributed by atoms with Crippen LogP contribution >= 0.6 is 11.3 Å². The van der Waals surface area contributed by atoms with Gasteiger partial charge in [-0.05, 0) is 36.4 Å². The number of rotatable bonds is 6. The molecule has 0 fully saturated rings. The first-order valence-electron chi connectivity index (χ1n) is 6.16. The molecule has 19 heavy (non-hydrogen) atoms. The van der Waals surface area contributed by atoms with E-state index in [1.165, 1.54) is 18.1 Å². The second-order valence-corrected chi connectivity index (χ2v) is 5.08. The zero-order valence-corrected chi connectivity index (χ0v) is 12.3. The second-order valence-electron chi connectivity index (χ2n) is 4.14. The van der Waals surface area contributed by atoms with Crippen LogP contribution in [-0.2, 0) is 14.3 Å². The molecule has 5 heteroatoms. The van der Waals surface area contributed by atoms with Gasteiger partial charge in [-0.3, -0.25) is 9.59 Å². The lowest BCUT2D eigenvalue weighted by atomic mass is 10.2. The van der Waals surface area contributed by atoms with Crippen molar-refractivity contribution in [3.8, 4) is 0 Å². The Hall–Kier alpha value is -1.62. The Balaban J connectivity index is 2.69. The number of carbonyl (C=O) groups is 2. The molecule has 0 radical (unpaired) electrons. The van der Waals surface area contributed by atoms with Gasteiger partial charge >= 0.3 is 5.97 Å². The zero-order valence-electron chi connectivity index (χ0n) is 11.5. The Morgan fingerprint density at radius 3 is 2.74 bits per heavy atom. The number of nitrogens with zero attached hydrogens (tertiary/aromatic N) is 1. The Kier molecular flexibility index (Phi) is 6.29. The van der Waals surface area contributed by atoms with Crippen molar-refractivity contribution >= 4 is 29.3 Å². The molecule has 1 amide bonds. The maximum Gasteiger partial charge on any atom is 0.325 e. The zero-order chi connectivity index (χ0) is 14.3. The number of carbonyl (C=O) groups excluding carboxylic acids is 2. The van der Waals surface area contributed by atoms with Crippen LogP contribution in [0, 0.1) is 6.92 Å². The molecule has 0 atom stereocenters. The molecule has 1 rings (SSSR count). The summed E-state index contributed by atoms with van der Waals surface area (Å²) >= 11 is 1.59. The maximum absolute atomic E-state index is 12.0. The van der Waals surface area contributed by atoms with Gasteiger partial charge in [-0.25, -0.2) is 0 Å². The third-order valence-corrected chi connectivity index (χ3v) is 3.62. The van der Waals surface area contributed by atoms with Crippen LogP contribution in [0.25, 0.3) is 6.08 Å². The molecule has 1 heterocycles. The van der Waals surface area contributed by atoms with E-state index in [9.17, 15) is 9.59 Å². The average Bonchev–Trinajstić information content (AvgIpc) is 2.80. The summed E-state index contributed by atoms with van der Waals surface area (Å²) in [5, 5.41) is 1.98. The first-order chi connectivity index (χ1) is 9.08. The summed E-state index contributed by atoms with van der Waals surface area (Å²) in [4.78, 5) is 25.8. The van der Waals surface area contributed by atoms with Gasteiger partial charge in [0.1, 0.15) is 6.54 Å². The van der Waals surface area contributed by atoms with E-state index < -0.39 is 5.97 Å². The van der Waals surface area contributed by atoms with Crippen molar-refractivity contribution in [2.75, 3.05) is 20.2 Å². The summed E-state index contributed by atoms with van der Waals surface area (Å²) in [7, 11) is 1.32. The van der Waals surface area contributed by atoms with Crippen LogP contribution in [0.4, 0.5) is 0 Å². The minimum atomic E-state index is -0.400. The smallest absolute Gasteiger partial charge is 0.325 e. The van der Waals surface area contributed by atoms with Gasteiger partial charge in [-0.1, -0.05) is 6.92 Å². The first-order valence-corrected chi connectivity index (χ1v) is 7.04. The van der Waals surface area contributed by atoms with E-state index in [0.717, 1.165) is 16.9 Å². The first kappa shape index (κ1) is 15.4. The molecular weight excluding hydrogens is 262 g/mol. The minimum absolute atomic E-state index is 0.00304. The SMILES string of the molecule is CCCN(CC(=O)OC)C(=O)C=Cc1sccc1C. The van der Waals surface area contributed by atoms with Crippen LogP contribution in [0.2, 0.25) is 0 Å². The van der Waals surface area contributed by atoms with E-state index in [4.69, 9.17) is 0 Å². The van der Waals surface area contributed by atoms with Gasteiger partial charge in [-0.2, -0.15) is 0 Å². The Labute approximate surface area is 117 Å². The van der Waals surface area contributed by atoms with Crippen LogP contribution in [0.15, 0.2) is 17.5 Å². The summed E-state index contributed by atoms with van der Waals surface area (Å²) in [5.41, 5.74) is 1.14. The fourth-order valence-corrected chi connectivity index (χ4v) is 2.38. The summed E-state index contributed by atoms with van der Waals surface area (Å²) in [5.74, 6) is -0.567. The van der Waals surface area contributed by atoms with Crippen molar-refractivity contribution in [1.29, 1.82) is 0 Å². The van der Waals surface area contributed by atoms with Crippen molar-refractivity contribution in [3.63, 3.8) is 0 Å². The number of methoxy groups -OCH3 is 1. The number of aryl methyl sites for hydroxylation is 1. The predicted octanol–water partition coefficient (Wildman–Crippen LogP) is 2.48. The predicted molar refractivity (Wildman–Crippen MR) is 77.0 cm³/mol. The summed E-state index contributed by atoms with van der Waals surface area (Å²) in [6.07, 6.45) is 4.11. The maximum atomic E-state index is 12.0. The number of amides is 1. The average molecular weight is 281 g/mol. The van der Waals surface area contributed by atoms with Crippen LogP contribution < -0.4 is 0 Å². The molecule has 104 valence electrons. The van der Waals surface area contributed by atoms with Gasteiger partial charge in [0.05, 0.1) is 7.11 Å². The van der Waals surface area contributed by atoms with Crippen molar-refractivity contribution in [3.05, 3.63) is 28.0 Å². The number of esters is 1. The van der Waals surface area contributed by atoms with Gasteiger partial charge < -0.3 is 9.64 Å². The van der Waals surface area contributed by atoms with Crippen LogP contribution in [0.5, 0.6) is 0 Å². The van der Waals surface area contributed by atoms with E-state index in [1.54, 1.807) is 17.4 Å². The molecule has 0 bridgehead atoms. The lowest BCUT2D eigenvalue weighted by molar-refractivity contribution is -0.145. The summed E-state index contributed by atoms with van der Waals surface area (Å²) in [6.45, 7) is 4.50. The molecule has 0 aliphatic rings. The lowest BCUT2D eigenvalue weighted by Gasteiger charge is -2.18. The third-order valence-electron chi connectivity index (χ3n) is 2.63. The number of hydrogen-bond donors (Lipinski definition) is 0. The Morgan fingerprint density at radius 2 is 2.21 bits per heavy atom. The van der Waals surface area contributed by atoms with Gasteiger partial charge in [0.2, 0.25) is 5.91 Å². The van der Waals surface area contributed by atoms with E-state index >= 15 is 0 Å². The largest absolute Gasteiger partial charge is 0.468 e. The number of thiophene rings is 1. The third kappa shape index (κ3) is 4.87. The van der Waals surface area contributed by atoms with E-state index in [0.29, 0.717) is 6.54 Å². The molecule has 4 nitrogen and oxygen atoms in total. The molecule has 0 spiro atoms. The summed E-state index contributed by atoms with van der Waals surface area (Å²) < 4.78 is 4.59. The fraction of sp³-hybridized carbons (Fsp3) is 0.429. The monoisotopic (exact) mass is 281 g/mol. The van der Waals surface area contributed by atoms with Crippen molar-refractivity contribution < 1.29 is 14.3 Å². The number of ether oxygens (including phenoxy) is 1. The van der Waals surface area contributed by atoms with Crippen LogP contribution in [-0.4, -0.2) is 37.0 Å². The molecule has 1 aromatic heterocycles. The molecule has 0 aliphatic heterocycles. The van der Waals surface area contributed by atoms with Gasteiger partial charge in [0.15, 0.2) is 0 Å². The molecule has 0 N–H and O–H groups in total. The highest BCUT2D eigenvalue weighted by molar-refractivity contribution is 7.11. The van der Waals surface area contributed by atoms with Crippen molar-refractivity contribution in [2.45, 2.75) is 20.3 Å². The molecule has 1 aromatic rings. The van der Waals surface area contributed by atoms with Crippen LogP contribution in [0.3, 0.4) is 0 Å². The molecule has 0 saturated heterocycles. The van der Waals surface area contributed by atoms with Gasteiger partial charge in [0.25, 0.3) is 0 Å². The molecule has 0 unspecified atom stereocenters. The van der Waals surface area contributed by atoms with Gasteiger partial charge in [-0.15, -0.1) is 11.3 Å². The van der Waals surface area contributed by atoms with E-state index in [-0.39, 0.29) is 12.5 Å². The molecule has 0 saturated carbocycles. The van der Waals surface area contributed by atoms with E-state index in [2.05, 4.69) is 4.74 Å². The highest BCUT2D eigenvalue weighted by atomic mass is 32.1. The molecule has 0 aliphatic carbocycles. The normalized spacial score (nSPS) is 10.7. The quantitative estimate of drug-likeness (QED) is 0.594. The van der Waals surface area contributed by atoms with Crippen molar-refractivity contribution in [2.24, 2.45) is 0 Å². The standard InChI is InChI=1S/C14H19NO3S/c1-4-8-15(10-14(17)18-3)13(16)6-5-12-11(2)7-9-19-12/h5-7,9H,4,8,10H2,1-3H3. The minimum Gasteiger partial charge on any atom is -0.468 e. The van der Waals surface area contributed by atoms with E-state index in [1.807, 2.05) is 25.3 Å². The molecule has 0 aromatic carbocycles. The Bertz CT molecular complexity index is 465. The highest BCUT2D eigenvalue weighted by Gasteiger charge is 2.14. The van der Waals surface area contributed by atoms with Gasteiger partial charge in [0, 0.05) is 17.5 Å². The summed E-state index contributed by atoms with van der Waals surface area (Å²) in [6, 6.07) is 2.01. The second kappa shape index (κ2) is 7.74. The highest BCUT2D eigenvalue weighted by Crippen LogP contribution is 2.17. The molecular formula is C14H19NO3S. The lowest BCUT2D eigenvalue weighted by Crippen LogP contribution is -2.35. The fourth-order valence-electron chi connectivity index (χ4n) is 1.57. The Morgan fingerprint density at radius 1 is 1.47 bits per heavy atom. The topological polar surface area (TPSA) is 46.6 Å². The van der Waals surface area contributed by atoms with Crippen LogP contribution in [0.1, 0.15) is 23.8 Å². The van der Waals surface area contributed by atoms with Crippen molar-refractivity contribution in [1.82, 2.24) is 4.90 Å².